The van der Waals surface area contributed by atoms with E-state index >= 15 is 0 Å². The van der Waals surface area contributed by atoms with Crippen molar-refractivity contribution in [1.29, 1.82) is 0 Å². The summed E-state index contributed by atoms with van der Waals surface area (Å²) in [5.41, 5.74) is 4.05. The molecule has 2 aliphatic heterocycles. The van der Waals surface area contributed by atoms with E-state index < -0.39 is 16.1 Å². The summed E-state index contributed by atoms with van der Waals surface area (Å²) in [7, 11) is -4.17. The average Bonchev–Trinajstić information content (AvgIpc) is 3.54. The summed E-state index contributed by atoms with van der Waals surface area (Å²) >= 11 is 0. The Morgan fingerprint density at radius 3 is 2.47 bits per heavy atom. The lowest BCUT2D eigenvalue weighted by molar-refractivity contribution is 0.0509. The normalized spacial score (nSPS) is 19.3. The van der Waals surface area contributed by atoms with Gasteiger partial charge < -0.3 is 14.5 Å². The van der Waals surface area contributed by atoms with E-state index in [0.717, 1.165) is 48.3 Å². The first kappa shape index (κ1) is 34.3. The molecule has 0 aliphatic carbocycles. The van der Waals surface area contributed by atoms with Crippen LogP contribution in [0.15, 0.2) is 65.8 Å². The van der Waals surface area contributed by atoms with Gasteiger partial charge in [-0.1, -0.05) is 52.0 Å². The quantitative estimate of drug-likeness (QED) is 0.240. The van der Waals surface area contributed by atoms with E-state index in [1.807, 2.05) is 32.0 Å². The zero-order valence-corrected chi connectivity index (χ0v) is 29.9. The third kappa shape index (κ3) is 7.69. The Labute approximate surface area is 289 Å². The molecule has 11 nitrogen and oxygen atoms in total. The van der Waals surface area contributed by atoms with Gasteiger partial charge in [-0.15, -0.1) is 0 Å². The van der Waals surface area contributed by atoms with Crippen LogP contribution >= 0.6 is 0 Å². The minimum atomic E-state index is -4.17. The highest BCUT2D eigenvalue weighted by atomic mass is 32.2. The zero-order valence-electron chi connectivity index (χ0n) is 29.1. The number of anilines is 2. The molecule has 0 spiro atoms. The Morgan fingerprint density at radius 1 is 0.980 bits per heavy atom. The van der Waals surface area contributed by atoms with Gasteiger partial charge in [0.1, 0.15) is 12.4 Å². The number of sulfonamides is 1. The van der Waals surface area contributed by atoms with Crippen molar-refractivity contribution in [2.75, 3.05) is 22.8 Å². The molecule has 258 valence electrons. The number of nitrogens with one attached hydrogen (secondary N) is 1. The first-order chi connectivity index (χ1) is 23.3. The van der Waals surface area contributed by atoms with Gasteiger partial charge in [0.15, 0.2) is 0 Å². The fourth-order valence-corrected chi connectivity index (χ4v) is 7.88. The van der Waals surface area contributed by atoms with Crippen molar-refractivity contribution in [3.63, 3.8) is 0 Å². The van der Waals surface area contributed by atoms with Crippen molar-refractivity contribution in [1.82, 2.24) is 24.8 Å². The van der Waals surface area contributed by atoms with Gasteiger partial charge in [-0.25, -0.2) is 23.1 Å². The summed E-state index contributed by atoms with van der Waals surface area (Å²) in [6.45, 7) is 13.7. The molecular formula is C37H45N7O4S. The summed E-state index contributed by atoms with van der Waals surface area (Å²) < 4.78 is 36.4. The summed E-state index contributed by atoms with van der Waals surface area (Å²) in [5.74, 6) is 0.553. The van der Waals surface area contributed by atoms with E-state index in [2.05, 4.69) is 52.3 Å². The van der Waals surface area contributed by atoms with Gasteiger partial charge >= 0.3 is 0 Å². The van der Waals surface area contributed by atoms with Crippen LogP contribution in [0.4, 0.5) is 11.8 Å². The van der Waals surface area contributed by atoms with E-state index in [-0.39, 0.29) is 46.8 Å². The van der Waals surface area contributed by atoms with Crippen LogP contribution in [0, 0.1) is 19.3 Å². The number of carbonyl (C=O) groups excluding carboxylic acids is 1. The Balaban J connectivity index is 1.46. The number of nitrogens with zero attached hydrogens (tertiary/aromatic N) is 6. The summed E-state index contributed by atoms with van der Waals surface area (Å²) in [4.78, 5) is 37.1. The molecule has 6 rings (SSSR count). The van der Waals surface area contributed by atoms with Crippen LogP contribution in [-0.2, 0) is 16.6 Å². The third-order valence-corrected chi connectivity index (χ3v) is 10.5. The maximum absolute atomic E-state index is 14.5. The molecule has 0 saturated carbocycles. The number of hydrogen-bond donors (Lipinski definition) is 1. The van der Waals surface area contributed by atoms with E-state index in [0.29, 0.717) is 23.9 Å². The second kappa shape index (κ2) is 13.7. The number of ether oxygens (including phenoxy) is 1. The van der Waals surface area contributed by atoms with Gasteiger partial charge in [-0.2, -0.15) is 4.98 Å². The summed E-state index contributed by atoms with van der Waals surface area (Å²) in [5, 5.41) is 0. The Hall–Kier alpha value is -4.58. The number of hydrogen-bond acceptors (Lipinski definition) is 9. The molecule has 12 heteroatoms. The van der Waals surface area contributed by atoms with E-state index in [1.165, 1.54) is 12.1 Å². The topological polar surface area (TPSA) is 131 Å². The van der Waals surface area contributed by atoms with Gasteiger partial charge in [0, 0.05) is 29.8 Å². The Bertz CT molecular complexity index is 1940. The van der Waals surface area contributed by atoms with Crippen LogP contribution in [0.25, 0.3) is 11.3 Å². The lowest BCUT2D eigenvalue weighted by Gasteiger charge is -2.35. The monoisotopic (exact) mass is 683 g/mol. The lowest BCUT2D eigenvalue weighted by Crippen LogP contribution is -2.45. The fourth-order valence-electron chi connectivity index (χ4n) is 6.89. The first-order valence-electron chi connectivity index (χ1n) is 16.9. The lowest BCUT2D eigenvalue weighted by atomic mass is 9.87. The molecule has 1 amide bonds. The number of aryl methyl sites for hydroxylation is 2. The van der Waals surface area contributed by atoms with E-state index in [1.54, 1.807) is 35.5 Å². The highest BCUT2D eigenvalue weighted by Gasteiger charge is 2.32. The molecule has 2 aliphatic rings. The van der Waals surface area contributed by atoms with Gasteiger partial charge in [-0.3, -0.25) is 9.78 Å². The predicted molar refractivity (Wildman–Crippen MR) is 190 cm³/mol. The van der Waals surface area contributed by atoms with Crippen molar-refractivity contribution in [2.24, 2.45) is 5.41 Å². The van der Waals surface area contributed by atoms with Crippen LogP contribution in [0.3, 0.4) is 0 Å². The van der Waals surface area contributed by atoms with Crippen molar-refractivity contribution in [2.45, 2.75) is 90.7 Å². The molecule has 1 N–H and O–H groups in total. The largest absolute Gasteiger partial charge is 0.475 e. The maximum atomic E-state index is 14.5. The van der Waals surface area contributed by atoms with Crippen molar-refractivity contribution >= 4 is 27.7 Å². The second-order valence-corrected chi connectivity index (χ2v) is 15.9. The minimum Gasteiger partial charge on any atom is -0.475 e. The molecule has 4 bridgehead atoms. The van der Waals surface area contributed by atoms with E-state index in [4.69, 9.17) is 9.72 Å². The molecule has 0 unspecified atom stereocenters. The van der Waals surface area contributed by atoms with Crippen LogP contribution < -0.4 is 14.4 Å². The van der Waals surface area contributed by atoms with Gasteiger partial charge in [-0.05, 0) is 74.3 Å². The van der Waals surface area contributed by atoms with Crippen LogP contribution in [0.2, 0.25) is 0 Å². The standard InChI is InChI=1S/C37H45N7O4S/c1-7-28-14-10-16-43(28)32-21-38-20-27(39-32)22-44-29(19-37(4,5)6)23-48-33-18-31(34-24(2)11-8-12-25(34)3)40-36(41-33)42-49(46,47)30-15-9-13-26(17-30)35(44)45/h8-9,11-13,15,17-18,20-21,28-29H,7,10,14,16,19,22-23H2,1-6H3,(H,40,41,42)/t28-,29-/m1/s1. The van der Waals surface area contributed by atoms with Crippen molar-refractivity contribution < 1.29 is 17.9 Å². The molecule has 2 aromatic heterocycles. The van der Waals surface area contributed by atoms with Crippen LogP contribution in [0.5, 0.6) is 5.88 Å². The molecule has 1 fully saturated rings. The van der Waals surface area contributed by atoms with Crippen molar-refractivity contribution in [3.8, 4) is 17.1 Å². The van der Waals surface area contributed by atoms with Gasteiger partial charge in [0.2, 0.25) is 11.8 Å². The molecule has 0 radical (unpaired) electrons. The third-order valence-electron chi connectivity index (χ3n) is 9.18. The van der Waals surface area contributed by atoms with E-state index in [9.17, 15) is 13.2 Å². The molecule has 2 atom stereocenters. The molecule has 1 saturated heterocycles. The highest BCUT2D eigenvalue weighted by Crippen LogP contribution is 2.32. The maximum Gasteiger partial charge on any atom is 0.264 e. The number of carbonyl (C=O) groups is 1. The number of benzene rings is 2. The molecular weight excluding hydrogens is 639 g/mol. The smallest absolute Gasteiger partial charge is 0.264 e. The fraction of sp³-hybridized carbons (Fsp3) is 0.432. The number of rotatable bonds is 6. The minimum absolute atomic E-state index is 0.0742. The molecule has 4 aromatic rings. The Kier molecular flexibility index (Phi) is 9.61. The predicted octanol–water partition coefficient (Wildman–Crippen LogP) is 6.57. The van der Waals surface area contributed by atoms with Gasteiger partial charge in [0.05, 0.1) is 41.3 Å². The average molecular weight is 684 g/mol. The second-order valence-electron chi connectivity index (χ2n) is 14.2. The van der Waals surface area contributed by atoms with Crippen molar-refractivity contribution in [3.05, 3.63) is 83.3 Å². The molecule has 4 heterocycles. The first-order valence-corrected chi connectivity index (χ1v) is 18.4. The van der Waals surface area contributed by atoms with Crippen LogP contribution in [0.1, 0.15) is 80.6 Å². The van der Waals surface area contributed by atoms with Crippen LogP contribution in [-0.4, -0.2) is 64.4 Å². The Morgan fingerprint density at radius 2 is 1.73 bits per heavy atom. The SMILES string of the molecule is CC[C@@H]1CCCN1c1cncc(CN2C(=O)c3cccc(c3)S(=O)(=O)Nc3nc(cc(-c4c(C)cccc4C)n3)OC[C@H]2CC(C)(C)C)n1. The number of aromatic nitrogens is 4. The summed E-state index contributed by atoms with van der Waals surface area (Å²) in [6, 6.07) is 13.7. The zero-order chi connectivity index (χ0) is 34.9. The van der Waals surface area contributed by atoms with Gasteiger partial charge in [0.25, 0.3) is 15.9 Å². The number of amides is 1. The highest BCUT2D eigenvalue weighted by molar-refractivity contribution is 7.92. The molecule has 2 aromatic carbocycles. The molecule has 49 heavy (non-hydrogen) atoms. The number of fused-ring (bicyclic) bond motifs is 4. The summed E-state index contributed by atoms with van der Waals surface area (Å²) in [6.07, 6.45) is 7.31.